The van der Waals surface area contributed by atoms with Crippen LogP contribution in [0.5, 0.6) is 5.75 Å². The second kappa shape index (κ2) is 7.49. The van der Waals surface area contributed by atoms with Gasteiger partial charge in [0.2, 0.25) is 0 Å². The van der Waals surface area contributed by atoms with Gasteiger partial charge in [-0.1, -0.05) is 38.1 Å². The first-order valence-electron chi connectivity index (χ1n) is 8.26. The molecule has 3 rings (SSSR count). The molecular weight excluding hydrogens is 319 g/mol. The number of nitrogens with zero attached hydrogens (tertiary/aromatic N) is 2. The minimum Gasteiger partial charge on any atom is -0.493 e. The molecule has 0 saturated carbocycles. The number of aliphatic hydroxyl groups excluding tert-OH is 1. The normalized spacial score (nSPS) is 11.1. The van der Waals surface area contributed by atoms with Crippen LogP contribution < -0.4 is 4.74 Å². The first-order valence-corrected chi connectivity index (χ1v) is 8.26. The molecule has 1 aromatic heterocycles. The van der Waals surface area contributed by atoms with E-state index in [0.29, 0.717) is 29.6 Å². The number of hydrogen-bond acceptors (Lipinski definition) is 3. The smallest absolute Gasteiger partial charge is 0.148 e. The molecule has 130 valence electrons. The molecule has 0 aliphatic rings. The fraction of sp³-hybridized carbons (Fsp3) is 0.250. The van der Waals surface area contributed by atoms with E-state index in [-0.39, 0.29) is 12.4 Å². The van der Waals surface area contributed by atoms with Crippen LogP contribution in [0.15, 0.2) is 54.6 Å². The fourth-order valence-electron chi connectivity index (χ4n) is 2.53. The minimum absolute atomic E-state index is 0.210. The van der Waals surface area contributed by atoms with Crippen LogP contribution in [0.25, 0.3) is 16.9 Å². The summed E-state index contributed by atoms with van der Waals surface area (Å²) in [5.74, 6) is 0.801. The summed E-state index contributed by atoms with van der Waals surface area (Å²) in [6.45, 7) is 4.59. The molecule has 0 unspecified atom stereocenters. The number of rotatable bonds is 6. The summed E-state index contributed by atoms with van der Waals surface area (Å²) in [5.41, 5.74) is 2.36. The second-order valence-electron chi connectivity index (χ2n) is 6.27. The molecule has 5 heteroatoms. The van der Waals surface area contributed by atoms with E-state index >= 15 is 0 Å². The van der Waals surface area contributed by atoms with Gasteiger partial charge in [-0.25, -0.2) is 9.07 Å². The molecule has 0 fully saturated rings. The fourth-order valence-corrected chi connectivity index (χ4v) is 2.53. The van der Waals surface area contributed by atoms with E-state index in [4.69, 9.17) is 4.74 Å². The molecule has 0 atom stereocenters. The summed E-state index contributed by atoms with van der Waals surface area (Å²) in [7, 11) is 0. The molecule has 1 N–H and O–H groups in total. The first kappa shape index (κ1) is 17.2. The monoisotopic (exact) mass is 340 g/mol. The number of benzene rings is 2. The molecule has 4 nitrogen and oxygen atoms in total. The van der Waals surface area contributed by atoms with Crippen molar-refractivity contribution in [2.45, 2.75) is 20.5 Å². The quantitative estimate of drug-likeness (QED) is 0.731. The van der Waals surface area contributed by atoms with Crippen LogP contribution in [-0.4, -0.2) is 21.5 Å². The first-order chi connectivity index (χ1) is 12.1. The summed E-state index contributed by atoms with van der Waals surface area (Å²) >= 11 is 0. The van der Waals surface area contributed by atoms with Crippen molar-refractivity contribution in [1.82, 2.24) is 9.78 Å². The van der Waals surface area contributed by atoms with Gasteiger partial charge >= 0.3 is 0 Å². The lowest BCUT2D eigenvalue weighted by Gasteiger charge is -2.11. The Labute approximate surface area is 146 Å². The average Bonchev–Trinajstić information content (AvgIpc) is 3.05. The number of hydrogen-bond donors (Lipinski definition) is 1. The molecule has 0 radical (unpaired) electrons. The van der Waals surface area contributed by atoms with Crippen LogP contribution in [0.4, 0.5) is 4.39 Å². The van der Waals surface area contributed by atoms with Gasteiger partial charge in [-0.05, 0) is 36.2 Å². The SMILES string of the molecule is CC(C)COc1cccc(-c2cc(CO)nn2-c2ccccc2F)c1. The highest BCUT2D eigenvalue weighted by molar-refractivity contribution is 5.64. The molecule has 3 aromatic rings. The Morgan fingerprint density at radius 1 is 1.12 bits per heavy atom. The summed E-state index contributed by atoms with van der Waals surface area (Å²) in [4.78, 5) is 0. The Kier molecular flexibility index (Phi) is 5.14. The molecule has 0 spiro atoms. The van der Waals surface area contributed by atoms with Gasteiger partial charge in [0.25, 0.3) is 0 Å². The van der Waals surface area contributed by atoms with E-state index in [9.17, 15) is 9.50 Å². The van der Waals surface area contributed by atoms with Crippen molar-refractivity contribution in [3.8, 4) is 22.7 Å². The molecular formula is C20H21FN2O2. The van der Waals surface area contributed by atoms with Crippen molar-refractivity contribution in [3.05, 3.63) is 66.1 Å². The predicted molar refractivity (Wildman–Crippen MR) is 95.2 cm³/mol. The van der Waals surface area contributed by atoms with E-state index in [1.165, 1.54) is 10.7 Å². The summed E-state index contributed by atoms with van der Waals surface area (Å²) in [5, 5.41) is 13.8. The lowest BCUT2D eigenvalue weighted by Crippen LogP contribution is -2.05. The molecule has 2 aromatic carbocycles. The number of para-hydroxylation sites is 1. The van der Waals surface area contributed by atoms with E-state index in [0.717, 1.165) is 11.3 Å². The van der Waals surface area contributed by atoms with Crippen LogP contribution in [0.3, 0.4) is 0 Å². The lowest BCUT2D eigenvalue weighted by molar-refractivity contribution is 0.271. The summed E-state index contributed by atoms with van der Waals surface area (Å²) in [6, 6.07) is 15.8. The van der Waals surface area contributed by atoms with Crippen molar-refractivity contribution in [2.24, 2.45) is 5.92 Å². The lowest BCUT2D eigenvalue weighted by atomic mass is 10.1. The average molecular weight is 340 g/mol. The van der Waals surface area contributed by atoms with E-state index in [2.05, 4.69) is 18.9 Å². The topological polar surface area (TPSA) is 47.3 Å². The number of halogens is 1. The maximum Gasteiger partial charge on any atom is 0.148 e. The zero-order valence-corrected chi connectivity index (χ0v) is 14.3. The summed E-state index contributed by atoms with van der Waals surface area (Å²) < 4.78 is 21.5. The number of aliphatic hydroxyl groups is 1. The highest BCUT2D eigenvalue weighted by Crippen LogP contribution is 2.28. The van der Waals surface area contributed by atoms with Gasteiger partial charge in [0.05, 0.1) is 24.6 Å². The van der Waals surface area contributed by atoms with Crippen molar-refractivity contribution in [2.75, 3.05) is 6.61 Å². The van der Waals surface area contributed by atoms with E-state index < -0.39 is 0 Å². The zero-order chi connectivity index (χ0) is 17.8. The third-order valence-corrected chi connectivity index (χ3v) is 3.72. The van der Waals surface area contributed by atoms with Crippen molar-refractivity contribution >= 4 is 0 Å². The molecule has 25 heavy (non-hydrogen) atoms. The Bertz CT molecular complexity index is 858. The highest BCUT2D eigenvalue weighted by atomic mass is 19.1. The maximum atomic E-state index is 14.2. The number of ether oxygens (including phenoxy) is 1. The second-order valence-corrected chi connectivity index (χ2v) is 6.27. The Hall–Kier alpha value is -2.66. The molecule has 0 amide bonds. The molecule has 0 aliphatic heterocycles. The predicted octanol–water partition coefficient (Wildman–Crippen LogP) is 4.21. The van der Waals surface area contributed by atoms with Crippen LogP contribution in [-0.2, 0) is 6.61 Å². The van der Waals surface area contributed by atoms with Gasteiger partial charge in [-0.3, -0.25) is 0 Å². The Balaban J connectivity index is 2.04. The Morgan fingerprint density at radius 3 is 2.64 bits per heavy atom. The van der Waals surface area contributed by atoms with Crippen molar-refractivity contribution < 1.29 is 14.2 Å². The van der Waals surface area contributed by atoms with Crippen LogP contribution in [0.2, 0.25) is 0 Å². The maximum absolute atomic E-state index is 14.2. The Morgan fingerprint density at radius 2 is 1.92 bits per heavy atom. The van der Waals surface area contributed by atoms with Crippen molar-refractivity contribution in [1.29, 1.82) is 0 Å². The van der Waals surface area contributed by atoms with Crippen molar-refractivity contribution in [3.63, 3.8) is 0 Å². The standard InChI is InChI=1S/C20H21FN2O2/c1-14(2)13-25-17-7-5-6-15(10-17)20-11-16(12-24)22-23(20)19-9-4-3-8-18(19)21/h3-11,14,24H,12-13H2,1-2H3. The summed E-state index contributed by atoms with van der Waals surface area (Å²) in [6.07, 6.45) is 0. The van der Waals surface area contributed by atoms with Gasteiger partial charge in [0.15, 0.2) is 0 Å². The van der Waals surface area contributed by atoms with Crippen LogP contribution >= 0.6 is 0 Å². The van der Waals surface area contributed by atoms with Gasteiger partial charge in [-0.2, -0.15) is 5.10 Å². The molecule has 0 saturated heterocycles. The number of aromatic nitrogens is 2. The van der Waals surface area contributed by atoms with Gasteiger partial charge < -0.3 is 9.84 Å². The van der Waals surface area contributed by atoms with Gasteiger partial charge in [-0.15, -0.1) is 0 Å². The van der Waals surface area contributed by atoms with Crippen LogP contribution in [0.1, 0.15) is 19.5 Å². The largest absolute Gasteiger partial charge is 0.493 e. The third-order valence-electron chi connectivity index (χ3n) is 3.72. The highest BCUT2D eigenvalue weighted by Gasteiger charge is 2.14. The van der Waals surface area contributed by atoms with E-state index in [1.54, 1.807) is 24.3 Å². The zero-order valence-electron chi connectivity index (χ0n) is 14.3. The van der Waals surface area contributed by atoms with E-state index in [1.807, 2.05) is 24.3 Å². The molecule has 1 heterocycles. The molecule has 0 bridgehead atoms. The van der Waals surface area contributed by atoms with Gasteiger partial charge in [0, 0.05) is 5.56 Å². The van der Waals surface area contributed by atoms with Crippen LogP contribution in [0, 0.1) is 11.7 Å². The van der Waals surface area contributed by atoms with Gasteiger partial charge in [0.1, 0.15) is 17.3 Å². The molecule has 0 aliphatic carbocycles. The third kappa shape index (κ3) is 3.88. The minimum atomic E-state index is -0.372.